The van der Waals surface area contributed by atoms with E-state index < -0.39 is 21.4 Å². The molecule has 3 rings (SSSR count). The minimum atomic E-state index is -3.27. The lowest BCUT2D eigenvalue weighted by molar-refractivity contribution is 0.212. The van der Waals surface area contributed by atoms with Crippen molar-refractivity contribution in [2.75, 3.05) is 25.1 Å². The summed E-state index contributed by atoms with van der Waals surface area (Å²) in [6.45, 7) is 5.83. The van der Waals surface area contributed by atoms with E-state index in [0.29, 0.717) is 6.54 Å². The van der Waals surface area contributed by atoms with Crippen LogP contribution in [-0.4, -0.2) is 53.6 Å². The number of rotatable bonds is 5. The van der Waals surface area contributed by atoms with E-state index in [2.05, 4.69) is 9.97 Å². The van der Waals surface area contributed by atoms with Crippen LogP contribution in [-0.2, 0) is 16.3 Å². The lowest BCUT2D eigenvalue weighted by Crippen LogP contribution is -2.38. The number of hydrogen-bond acceptors (Lipinski definition) is 7. The smallest absolute Gasteiger partial charge is 0.339 e. The van der Waals surface area contributed by atoms with E-state index in [1.807, 2.05) is 31.2 Å². The summed E-state index contributed by atoms with van der Waals surface area (Å²) in [4.78, 5) is 35.8. The third-order valence-electron chi connectivity index (χ3n) is 4.93. The number of nitrogens with two attached hydrogens (primary N) is 1. The van der Waals surface area contributed by atoms with Gasteiger partial charge in [0, 0.05) is 19.3 Å². The zero-order valence-electron chi connectivity index (χ0n) is 17.4. The monoisotopic (exact) mass is 431 g/mol. The highest BCUT2D eigenvalue weighted by molar-refractivity contribution is 7.92. The molecule has 0 bridgehead atoms. The van der Waals surface area contributed by atoms with Gasteiger partial charge in [0.2, 0.25) is 5.16 Å². The summed E-state index contributed by atoms with van der Waals surface area (Å²) in [5.41, 5.74) is 7.47. The average molecular weight is 432 g/mol. The predicted octanol–water partition coefficient (Wildman–Crippen LogP) is 1.88. The number of amides is 1. The van der Waals surface area contributed by atoms with Gasteiger partial charge in [-0.3, -0.25) is 4.57 Å². The van der Waals surface area contributed by atoms with Gasteiger partial charge in [0.25, 0.3) is 0 Å². The van der Waals surface area contributed by atoms with Gasteiger partial charge in [0.1, 0.15) is 15.2 Å². The fourth-order valence-electron chi connectivity index (χ4n) is 2.93. The lowest BCUT2D eigenvalue weighted by Gasteiger charge is -2.14. The van der Waals surface area contributed by atoms with Gasteiger partial charge >= 0.3 is 11.7 Å². The van der Waals surface area contributed by atoms with E-state index in [0.717, 1.165) is 15.7 Å². The summed E-state index contributed by atoms with van der Waals surface area (Å²) in [5.74, 6) is -0.167. The molecule has 0 radical (unpaired) electrons. The molecule has 1 aromatic carbocycles. The minimum absolute atomic E-state index is 0.00163. The first kappa shape index (κ1) is 21.5. The van der Waals surface area contributed by atoms with E-state index in [1.165, 1.54) is 9.47 Å². The van der Waals surface area contributed by atoms with Crippen LogP contribution < -0.4 is 11.4 Å². The summed E-state index contributed by atoms with van der Waals surface area (Å²) in [5, 5.41) is -0.249. The number of benzene rings is 1. The SMILES string of the molecule is CCN(C)C(=O)n1c(=O)n(Cc2ccc(C)cc2)c2nc([S@](=N)(=O)CC)nc(N)c21. The molecule has 2 aromatic heterocycles. The zero-order valence-corrected chi connectivity index (χ0v) is 18.2. The van der Waals surface area contributed by atoms with Gasteiger partial charge in [-0.05, 0) is 19.4 Å². The Morgan fingerprint density at radius 3 is 2.43 bits per heavy atom. The second-order valence-corrected chi connectivity index (χ2v) is 9.31. The molecule has 0 aliphatic rings. The van der Waals surface area contributed by atoms with Crippen LogP contribution in [0.3, 0.4) is 0 Å². The molecule has 30 heavy (non-hydrogen) atoms. The number of hydrogen-bond donors (Lipinski definition) is 2. The Morgan fingerprint density at radius 2 is 1.87 bits per heavy atom. The molecule has 0 spiro atoms. The average Bonchev–Trinajstić information content (AvgIpc) is 3.00. The van der Waals surface area contributed by atoms with E-state index in [9.17, 15) is 13.8 Å². The number of aromatic nitrogens is 4. The molecule has 0 aliphatic carbocycles. The minimum Gasteiger partial charge on any atom is -0.382 e. The first-order chi connectivity index (χ1) is 14.1. The number of imidazole rings is 1. The second kappa shape index (κ2) is 7.90. The van der Waals surface area contributed by atoms with Crippen molar-refractivity contribution in [1.29, 1.82) is 4.78 Å². The number of fused-ring (bicyclic) bond motifs is 1. The highest BCUT2D eigenvalue weighted by Gasteiger charge is 2.26. The van der Waals surface area contributed by atoms with Gasteiger partial charge in [-0.2, -0.15) is 4.98 Å². The lowest BCUT2D eigenvalue weighted by atomic mass is 10.1. The largest absolute Gasteiger partial charge is 0.382 e. The fraction of sp³-hybridized carbons (Fsp3) is 0.368. The Kier molecular flexibility index (Phi) is 5.66. The highest BCUT2D eigenvalue weighted by atomic mass is 32.2. The quantitative estimate of drug-likeness (QED) is 0.591. The van der Waals surface area contributed by atoms with E-state index in [1.54, 1.807) is 20.9 Å². The third kappa shape index (κ3) is 3.67. The Bertz CT molecular complexity index is 1270. The van der Waals surface area contributed by atoms with E-state index in [-0.39, 0.29) is 34.4 Å². The molecule has 0 unspecified atom stereocenters. The molecule has 0 saturated heterocycles. The summed E-state index contributed by atoms with van der Waals surface area (Å²) in [7, 11) is -1.71. The first-order valence-electron chi connectivity index (χ1n) is 9.47. The maximum Gasteiger partial charge on any atom is 0.339 e. The van der Waals surface area contributed by atoms with Crippen molar-refractivity contribution < 1.29 is 9.00 Å². The van der Waals surface area contributed by atoms with Crippen LogP contribution >= 0.6 is 0 Å². The van der Waals surface area contributed by atoms with Crippen LogP contribution in [0.2, 0.25) is 0 Å². The molecule has 1 atom stereocenters. The van der Waals surface area contributed by atoms with Gasteiger partial charge in [-0.15, -0.1) is 0 Å². The van der Waals surface area contributed by atoms with Crippen LogP contribution in [0.4, 0.5) is 10.6 Å². The molecule has 1 amide bonds. The number of nitrogens with zero attached hydrogens (tertiary/aromatic N) is 5. The Balaban J connectivity index is 2.34. The standard InChI is InChI=1S/C19H25N7O3S/c1-5-24(4)18(27)26-14-15(20)22-17(30(21,29)6-2)23-16(14)25(19(26)28)11-13-9-7-12(3)8-10-13/h7-10,21H,5-6,11H2,1-4H3,(H2,20,22,23)/t30-/m1/s1. The summed E-state index contributed by atoms with van der Waals surface area (Å²) >= 11 is 0. The predicted molar refractivity (Wildman–Crippen MR) is 115 cm³/mol. The molecule has 160 valence electrons. The highest BCUT2D eigenvalue weighted by Crippen LogP contribution is 2.21. The van der Waals surface area contributed by atoms with Crippen molar-refractivity contribution in [3.63, 3.8) is 0 Å². The van der Waals surface area contributed by atoms with Crippen molar-refractivity contribution in [3.05, 3.63) is 45.9 Å². The van der Waals surface area contributed by atoms with Crippen LogP contribution in [0.5, 0.6) is 0 Å². The van der Waals surface area contributed by atoms with Gasteiger partial charge in [-0.1, -0.05) is 36.8 Å². The van der Waals surface area contributed by atoms with Crippen molar-refractivity contribution in [3.8, 4) is 0 Å². The van der Waals surface area contributed by atoms with Crippen LogP contribution in [0.25, 0.3) is 11.2 Å². The van der Waals surface area contributed by atoms with Gasteiger partial charge in [0.05, 0.1) is 6.54 Å². The van der Waals surface area contributed by atoms with Crippen molar-refractivity contribution in [2.45, 2.75) is 32.5 Å². The summed E-state index contributed by atoms with van der Waals surface area (Å²) < 4.78 is 22.8. The van der Waals surface area contributed by atoms with Crippen LogP contribution in [0.15, 0.2) is 34.2 Å². The Hall–Kier alpha value is -3.21. The van der Waals surface area contributed by atoms with Crippen molar-refractivity contribution in [2.24, 2.45) is 0 Å². The van der Waals surface area contributed by atoms with Gasteiger partial charge in [-0.25, -0.2) is 28.1 Å². The molecule has 3 aromatic rings. The van der Waals surface area contributed by atoms with Crippen LogP contribution in [0.1, 0.15) is 25.0 Å². The van der Waals surface area contributed by atoms with E-state index >= 15 is 0 Å². The first-order valence-corrected chi connectivity index (χ1v) is 11.2. The molecule has 0 saturated carbocycles. The number of anilines is 1. The summed E-state index contributed by atoms with van der Waals surface area (Å²) in [6.07, 6.45) is 0. The Morgan fingerprint density at radius 1 is 1.23 bits per heavy atom. The second-order valence-electron chi connectivity index (χ2n) is 7.01. The molecular formula is C19H25N7O3S. The van der Waals surface area contributed by atoms with Gasteiger partial charge in [0.15, 0.2) is 11.5 Å². The third-order valence-corrected chi connectivity index (χ3v) is 6.51. The number of nitrogens with one attached hydrogen (secondary N) is 1. The summed E-state index contributed by atoms with van der Waals surface area (Å²) in [6, 6.07) is 7.00. The number of carbonyl (C=O) groups is 1. The maximum absolute atomic E-state index is 13.2. The number of aryl methyl sites for hydroxylation is 1. The van der Waals surface area contributed by atoms with Crippen molar-refractivity contribution >= 4 is 32.7 Å². The van der Waals surface area contributed by atoms with Crippen LogP contribution in [0, 0.1) is 11.7 Å². The van der Waals surface area contributed by atoms with Gasteiger partial charge < -0.3 is 10.6 Å². The van der Waals surface area contributed by atoms with E-state index in [4.69, 9.17) is 10.5 Å². The Labute approximate surface area is 174 Å². The fourth-order valence-corrected chi connectivity index (χ4v) is 3.67. The molecule has 0 aliphatic heterocycles. The molecule has 3 N–H and O–H groups in total. The van der Waals surface area contributed by atoms with Crippen molar-refractivity contribution in [1.82, 2.24) is 24.0 Å². The number of carbonyl (C=O) groups excluding carboxylic acids is 1. The molecule has 0 fully saturated rings. The topological polar surface area (TPSA) is 140 Å². The molecule has 10 nitrogen and oxygen atoms in total. The molecule has 11 heteroatoms. The number of nitrogen functional groups attached to an aromatic ring is 1. The maximum atomic E-state index is 13.2. The molecule has 2 heterocycles. The molecular weight excluding hydrogens is 406 g/mol. The normalized spacial score (nSPS) is 13.3. The zero-order chi connectivity index (χ0) is 22.2.